The molecule has 0 amide bonds. The first-order valence-electron chi connectivity index (χ1n) is 4.08. The molecule has 0 aromatic carbocycles. The fourth-order valence-corrected chi connectivity index (χ4v) is 2.77. The lowest BCUT2D eigenvalue weighted by Crippen LogP contribution is -2.14. The smallest absolute Gasteiger partial charge is 0.267 e. The Balaban J connectivity index is 2.37. The van der Waals surface area contributed by atoms with Crippen LogP contribution in [0.4, 0.5) is 10.8 Å². The Morgan fingerprint density at radius 1 is 1.44 bits per heavy atom. The number of nitrogen functional groups attached to an aromatic ring is 1. The summed E-state index contributed by atoms with van der Waals surface area (Å²) in [7, 11) is -3.74. The van der Waals surface area contributed by atoms with Gasteiger partial charge >= 0.3 is 0 Å². The molecule has 0 fully saturated rings. The minimum Gasteiger partial charge on any atom is -0.398 e. The number of anilines is 2. The largest absolute Gasteiger partial charge is 0.398 e. The summed E-state index contributed by atoms with van der Waals surface area (Å²) < 4.78 is 25.9. The van der Waals surface area contributed by atoms with Gasteiger partial charge in [0.05, 0.1) is 5.69 Å². The van der Waals surface area contributed by atoms with Crippen molar-refractivity contribution in [3.05, 3.63) is 24.0 Å². The number of nitrogens with one attached hydrogen (secondary N) is 1. The lowest BCUT2D eigenvalue weighted by atomic mass is 10.4. The van der Waals surface area contributed by atoms with Crippen molar-refractivity contribution in [1.29, 1.82) is 0 Å². The van der Waals surface area contributed by atoms with E-state index in [1.807, 2.05) is 0 Å². The molecule has 3 N–H and O–H groups in total. The second-order valence-electron chi connectivity index (χ2n) is 2.76. The van der Waals surface area contributed by atoms with E-state index < -0.39 is 10.0 Å². The first-order valence-corrected chi connectivity index (χ1v) is 6.44. The number of aromatic nitrogens is 3. The monoisotopic (exact) mass is 257 g/mol. The SMILES string of the molecule is Nc1ccncc1S(=O)(=O)Nc1nncs1. The van der Waals surface area contributed by atoms with Crippen LogP contribution in [0.2, 0.25) is 0 Å². The second-order valence-corrected chi connectivity index (χ2v) is 5.25. The zero-order chi connectivity index (χ0) is 11.6. The van der Waals surface area contributed by atoms with Gasteiger partial charge < -0.3 is 5.73 Å². The van der Waals surface area contributed by atoms with Crippen molar-refractivity contribution < 1.29 is 8.42 Å². The Bertz CT molecular complexity index is 581. The molecule has 7 nitrogen and oxygen atoms in total. The molecule has 84 valence electrons. The van der Waals surface area contributed by atoms with Crippen LogP contribution in [0.1, 0.15) is 0 Å². The van der Waals surface area contributed by atoms with Crippen LogP contribution in [0.3, 0.4) is 0 Å². The van der Waals surface area contributed by atoms with E-state index in [9.17, 15) is 8.42 Å². The van der Waals surface area contributed by atoms with Gasteiger partial charge in [-0.25, -0.2) is 8.42 Å². The highest BCUT2D eigenvalue weighted by atomic mass is 32.2. The lowest BCUT2D eigenvalue weighted by molar-refractivity contribution is 0.601. The summed E-state index contributed by atoms with van der Waals surface area (Å²) in [5.74, 6) is 0. The van der Waals surface area contributed by atoms with Gasteiger partial charge in [0.15, 0.2) is 0 Å². The summed E-state index contributed by atoms with van der Waals surface area (Å²) in [5.41, 5.74) is 7.10. The first-order chi connectivity index (χ1) is 7.59. The summed E-state index contributed by atoms with van der Waals surface area (Å²) in [4.78, 5) is 3.63. The van der Waals surface area contributed by atoms with Crippen LogP contribution >= 0.6 is 11.3 Å². The molecule has 16 heavy (non-hydrogen) atoms. The lowest BCUT2D eigenvalue weighted by Gasteiger charge is -2.06. The zero-order valence-corrected chi connectivity index (χ0v) is 9.49. The minimum absolute atomic E-state index is 0.0785. The standard InChI is InChI=1S/C7H7N5O2S2/c8-5-1-2-9-3-6(5)16(13,14)12-7-11-10-4-15-7/h1-4H,(H2,8,9)(H,11,12). The third-order valence-electron chi connectivity index (χ3n) is 1.69. The van der Waals surface area contributed by atoms with Gasteiger partial charge in [-0.1, -0.05) is 11.3 Å². The van der Waals surface area contributed by atoms with Crippen molar-refractivity contribution in [1.82, 2.24) is 15.2 Å². The summed E-state index contributed by atoms with van der Waals surface area (Å²) in [5, 5.41) is 7.27. The third kappa shape index (κ3) is 2.09. The van der Waals surface area contributed by atoms with Crippen LogP contribution in [0.5, 0.6) is 0 Å². The maximum absolute atomic E-state index is 11.8. The Hall–Kier alpha value is -1.74. The average molecular weight is 257 g/mol. The molecule has 9 heteroatoms. The molecular formula is C7H7N5O2S2. The van der Waals surface area contributed by atoms with Crippen molar-refractivity contribution in [2.24, 2.45) is 0 Å². The van der Waals surface area contributed by atoms with Gasteiger partial charge in [-0.15, -0.1) is 10.2 Å². The van der Waals surface area contributed by atoms with Gasteiger partial charge in [-0.3, -0.25) is 9.71 Å². The van der Waals surface area contributed by atoms with Crippen LogP contribution in [-0.4, -0.2) is 23.6 Å². The molecule has 0 aliphatic carbocycles. The number of hydrogen-bond donors (Lipinski definition) is 2. The van der Waals surface area contributed by atoms with Crippen LogP contribution in [0.25, 0.3) is 0 Å². The third-order valence-corrected chi connectivity index (χ3v) is 3.81. The summed E-state index contributed by atoms with van der Waals surface area (Å²) >= 11 is 1.08. The first kappa shape index (κ1) is 10.8. The number of rotatable bonds is 3. The Kier molecular flexibility index (Phi) is 2.71. The van der Waals surface area contributed by atoms with Gasteiger partial charge in [0.25, 0.3) is 10.0 Å². The predicted octanol–water partition coefficient (Wildman–Crippen LogP) is 0.316. The van der Waals surface area contributed by atoms with Crippen LogP contribution in [0, 0.1) is 0 Å². The second kappa shape index (κ2) is 4.02. The Labute approximate surface area is 95.4 Å². The van der Waals surface area contributed by atoms with Crippen molar-refractivity contribution in [2.45, 2.75) is 4.90 Å². The summed E-state index contributed by atoms with van der Waals surface area (Å²) in [6.07, 6.45) is 2.60. The molecule has 2 rings (SSSR count). The Morgan fingerprint density at radius 2 is 2.25 bits per heavy atom. The van der Waals surface area contributed by atoms with Gasteiger partial charge in [0, 0.05) is 12.4 Å². The fraction of sp³-hybridized carbons (Fsp3) is 0. The predicted molar refractivity (Wildman–Crippen MR) is 59.4 cm³/mol. The maximum Gasteiger partial charge on any atom is 0.267 e. The highest BCUT2D eigenvalue weighted by Crippen LogP contribution is 2.20. The van der Waals surface area contributed by atoms with Gasteiger partial charge in [-0.2, -0.15) is 0 Å². The summed E-state index contributed by atoms with van der Waals surface area (Å²) in [6, 6.07) is 1.41. The van der Waals surface area contributed by atoms with E-state index in [1.165, 1.54) is 24.0 Å². The molecule has 2 heterocycles. The number of sulfonamides is 1. The van der Waals surface area contributed by atoms with Crippen LogP contribution in [-0.2, 0) is 10.0 Å². The molecule has 0 bridgehead atoms. The maximum atomic E-state index is 11.8. The van der Waals surface area contributed by atoms with E-state index in [-0.39, 0.29) is 15.7 Å². The van der Waals surface area contributed by atoms with Gasteiger partial charge in [0.1, 0.15) is 10.4 Å². The molecule has 2 aromatic rings. The highest BCUT2D eigenvalue weighted by molar-refractivity contribution is 7.93. The molecule has 0 radical (unpaired) electrons. The number of pyridine rings is 1. The van der Waals surface area contributed by atoms with Crippen molar-refractivity contribution in [2.75, 3.05) is 10.5 Å². The van der Waals surface area contributed by atoms with E-state index in [2.05, 4.69) is 19.9 Å². The van der Waals surface area contributed by atoms with E-state index in [4.69, 9.17) is 5.73 Å². The molecule has 0 spiro atoms. The number of nitrogens with two attached hydrogens (primary N) is 1. The van der Waals surface area contributed by atoms with Crippen molar-refractivity contribution in [3.8, 4) is 0 Å². The molecule has 0 atom stereocenters. The Morgan fingerprint density at radius 3 is 2.88 bits per heavy atom. The van der Waals surface area contributed by atoms with Crippen molar-refractivity contribution in [3.63, 3.8) is 0 Å². The van der Waals surface area contributed by atoms with Gasteiger partial charge in [-0.05, 0) is 6.07 Å². The normalized spacial score (nSPS) is 11.2. The number of hydrogen-bond acceptors (Lipinski definition) is 7. The molecule has 0 aliphatic rings. The zero-order valence-electron chi connectivity index (χ0n) is 7.86. The van der Waals surface area contributed by atoms with E-state index in [0.29, 0.717) is 0 Å². The molecule has 0 aliphatic heterocycles. The van der Waals surface area contributed by atoms with Crippen molar-refractivity contribution >= 4 is 32.2 Å². The highest BCUT2D eigenvalue weighted by Gasteiger charge is 2.18. The minimum atomic E-state index is -3.74. The summed E-state index contributed by atoms with van der Waals surface area (Å²) in [6.45, 7) is 0. The topological polar surface area (TPSA) is 111 Å². The number of nitrogens with zero attached hydrogens (tertiary/aromatic N) is 3. The molecule has 2 aromatic heterocycles. The molecular weight excluding hydrogens is 250 g/mol. The fourth-order valence-electron chi connectivity index (χ4n) is 1.00. The average Bonchev–Trinajstić information content (AvgIpc) is 2.70. The molecule has 0 saturated heterocycles. The van der Waals surface area contributed by atoms with Crippen LogP contribution in [0.15, 0.2) is 28.9 Å². The quantitative estimate of drug-likeness (QED) is 0.819. The van der Waals surface area contributed by atoms with E-state index in [1.54, 1.807) is 0 Å². The van der Waals surface area contributed by atoms with Crippen LogP contribution < -0.4 is 10.5 Å². The van der Waals surface area contributed by atoms with Gasteiger partial charge in [0.2, 0.25) is 5.13 Å². The van der Waals surface area contributed by atoms with E-state index in [0.717, 1.165) is 11.3 Å². The molecule has 0 saturated carbocycles. The van der Waals surface area contributed by atoms with E-state index >= 15 is 0 Å². The molecule has 0 unspecified atom stereocenters.